The van der Waals surface area contributed by atoms with Crippen molar-refractivity contribution in [2.75, 3.05) is 6.54 Å². The molecule has 1 amide bonds. The van der Waals surface area contributed by atoms with Gasteiger partial charge in [0.25, 0.3) is 0 Å². The van der Waals surface area contributed by atoms with E-state index in [1.807, 2.05) is 0 Å². The van der Waals surface area contributed by atoms with Gasteiger partial charge in [-0.25, -0.2) is 4.68 Å². The molecule has 102 valence electrons. The Hall–Kier alpha value is -1.64. The van der Waals surface area contributed by atoms with Crippen molar-refractivity contribution < 1.29 is 18.0 Å². The predicted molar refractivity (Wildman–Crippen MR) is 56.3 cm³/mol. The van der Waals surface area contributed by atoms with Gasteiger partial charge in [-0.05, 0) is 6.92 Å². The van der Waals surface area contributed by atoms with Crippen molar-refractivity contribution in [2.45, 2.75) is 32.1 Å². The van der Waals surface area contributed by atoms with Crippen LogP contribution in [0.1, 0.15) is 25.1 Å². The number of nitrogens with one attached hydrogen (secondary N) is 1. The average molecular weight is 265 g/mol. The van der Waals surface area contributed by atoms with E-state index >= 15 is 0 Å². The van der Waals surface area contributed by atoms with Crippen LogP contribution in [0.15, 0.2) is 6.20 Å². The van der Waals surface area contributed by atoms with Crippen molar-refractivity contribution >= 4 is 5.91 Å². The van der Waals surface area contributed by atoms with Gasteiger partial charge < -0.3 is 11.1 Å². The average Bonchev–Trinajstić information content (AvgIpc) is 2.74. The highest BCUT2D eigenvalue weighted by Gasteiger charge is 2.27. The van der Waals surface area contributed by atoms with Gasteiger partial charge in [0, 0.05) is 13.1 Å². The molecule has 1 rings (SSSR count). The van der Waals surface area contributed by atoms with Gasteiger partial charge in [0.1, 0.15) is 6.04 Å². The highest BCUT2D eigenvalue weighted by molar-refractivity contribution is 5.79. The molecule has 0 bridgehead atoms. The van der Waals surface area contributed by atoms with Crippen LogP contribution in [0.3, 0.4) is 0 Å². The fourth-order valence-electron chi connectivity index (χ4n) is 1.19. The molecule has 9 heteroatoms. The first-order chi connectivity index (χ1) is 8.33. The first-order valence-electron chi connectivity index (χ1n) is 5.28. The summed E-state index contributed by atoms with van der Waals surface area (Å²) in [4.78, 5) is 11.5. The molecule has 0 aromatic carbocycles. The normalized spacial score (nSPS) is 13.4. The molecule has 0 spiro atoms. The summed E-state index contributed by atoms with van der Waals surface area (Å²) in [5, 5.41) is 9.54. The number of carbonyl (C=O) groups excluding carboxylic acids is 1. The topological polar surface area (TPSA) is 85.8 Å². The van der Waals surface area contributed by atoms with Crippen LogP contribution in [0.5, 0.6) is 0 Å². The summed E-state index contributed by atoms with van der Waals surface area (Å²) in [6, 6.07) is -0.731. The summed E-state index contributed by atoms with van der Waals surface area (Å²) in [7, 11) is 0. The molecule has 3 N–H and O–H groups in total. The van der Waals surface area contributed by atoms with Gasteiger partial charge >= 0.3 is 6.18 Å². The maximum absolute atomic E-state index is 11.9. The Morgan fingerprint density at radius 2 is 2.28 bits per heavy atom. The van der Waals surface area contributed by atoms with Crippen LogP contribution in [-0.4, -0.2) is 33.6 Å². The van der Waals surface area contributed by atoms with E-state index in [0.717, 1.165) is 0 Å². The van der Waals surface area contributed by atoms with Gasteiger partial charge in [-0.15, -0.1) is 5.10 Å². The molecule has 0 saturated carbocycles. The number of alkyl halides is 3. The van der Waals surface area contributed by atoms with Crippen molar-refractivity contribution in [3.05, 3.63) is 11.9 Å². The molecular formula is C9H14F3N5O. The molecule has 1 heterocycles. The molecular weight excluding hydrogens is 251 g/mol. The number of rotatable bonds is 5. The molecule has 18 heavy (non-hydrogen) atoms. The van der Waals surface area contributed by atoms with Gasteiger partial charge in [-0.3, -0.25) is 4.79 Å². The third kappa shape index (κ3) is 4.32. The molecule has 0 aliphatic heterocycles. The Labute approximate surface area is 101 Å². The zero-order valence-corrected chi connectivity index (χ0v) is 9.74. The molecule has 1 aromatic heterocycles. The summed E-state index contributed by atoms with van der Waals surface area (Å²) in [5.74, 6) is -0.548. The maximum atomic E-state index is 11.9. The number of carbonyl (C=O) groups is 1. The number of nitrogens with zero attached hydrogens (tertiary/aromatic N) is 3. The number of amides is 1. The first kappa shape index (κ1) is 14.4. The summed E-state index contributed by atoms with van der Waals surface area (Å²) >= 11 is 0. The largest absolute Gasteiger partial charge is 0.390 e. The quantitative estimate of drug-likeness (QED) is 0.805. The fourth-order valence-corrected chi connectivity index (χ4v) is 1.19. The van der Waals surface area contributed by atoms with Gasteiger partial charge in [0.2, 0.25) is 5.91 Å². The second-order valence-corrected chi connectivity index (χ2v) is 3.73. The lowest BCUT2D eigenvalue weighted by molar-refractivity contribution is -0.136. The zero-order chi connectivity index (χ0) is 13.8. The Morgan fingerprint density at radius 1 is 1.61 bits per heavy atom. The van der Waals surface area contributed by atoms with E-state index in [1.54, 1.807) is 0 Å². The van der Waals surface area contributed by atoms with E-state index in [9.17, 15) is 18.0 Å². The lowest BCUT2D eigenvalue weighted by atomic mass is 10.3. The van der Waals surface area contributed by atoms with Crippen LogP contribution in [-0.2, 0) is 11.3 Å². The van der Waals surface area contributed by atoms with E-state index in [1.165, 1.54) is 17.8 Å². The standard InChI is InChI=1S/C9H14F3N5O/c1-6(17-5-7(4-13)15-16-17)8(18)14-3-2-9(10,11)12/h5-6H,2-4,13H2,1H3,(H,14,18). The third-order valence-electron chi connectivity index (χ3n) is 2.25. The molecule has 1 atom stereocenters. The fraction of sp³-hybridized carbons (Fsp3) is 0.667. The van der Waals surface area contributed by atoms with Crippen LogP contribution in [0.4, 0.5) is 13.2 Å². The van der Waals surface area contributed by atoms with E-state index in [4.69, 9.17) is 5.73 Å². The lowest BCUT2D eigenvalue weighted by Gasteiger charge is -2.12. The minimum Gasteiger partial charge on any atom is -0.354 e. The van der Waals surface area contributed by atoms with E-state index in [-0.39, 0.29) is 6.54 Å². The number of hydrogen-bond acceptors (Lipinski definition) is 4. The second kappa shape index (κ2) is 5.80. The monoisotopic (exact) mass is 265 g/mol. The molecule has 1 unspecified atom stereocenters. The third-order valence-corrected chi connectivity index (χ3v) is 2.25. The van der Waals surface area contributed by atoms with Gasteiger partial charge in [0.15, 0.2) is 0 Å². The molecule has 0 fully saturated rings. The summed E-state index contributed by atoms with van der Waals surface area (Å²) < 4.78 is 36.9. The van der Waals surface area contributed by atoms with Crippen molar-refractivity contribution in [1.82, 2.24) is 20.3 Å². The molecule has 0 saturated heterocycles. The van der Waals surface area contributed by atoms with Crippen molar-refractivity contribution in [2.24, 2.45) is 5.73 Å². The van der Waals surface area contributed by atoms with E-state index < -0.39 is 31.1 Å². The Kier molecular flexibility index (Phi) is 4.65. The molecule has 6 nitrogen and oxygen atoms in total. The Balaban J connectivity index is 2.46. The molecule has 0 aliphatic rings. The SMILES string of the molecule is CC(C(=O)NCCC(F)(F)F)n1cc(CN)nn1. The lowest BCUT2D eigenvalue weighted by Crippen LogP contribution is -2.33. The summed E-state index contributed by atoms with van der Waals surface area (Å²) in [6.45, 7) is 1.24. The van der Waals surface area contributed by atoms with E-state index in [2.05, 4.69) is 15.6 Å². The second-order valence-electron chi connectivity index (χ2n) is 3.73. The molecule has 1 aromatic rings. The Bertz CT molecular complexity index is 403. The zero-order valence-electron chi connectivity index (χ0n) is 9.74. The van der Waals surface area contributed by atoms with Crippen LogP contribution in [0.25, 0.3) is 0 Å². The van der Waals surface area contributed by atoms with Crippen LogP contribution in [0, 0.1) is 0 Å². The first-order valence-corrected chi connectivity index (χ1v) is 5.28. The number of nitrogens with two attached hydrogens (primary N) is 1. The van der Waals surface area contributed by atoms with Crippen LogP contribution in [0.2, 0.25) is 0 Å². The highest BCUT2D eigenvalue weighted by Crippen LogP contribution is 2.18. The number of aromatic nitrogens is 3. The van der Waals surface area contributed by atoms with Crippen molar-refractivity contribution in [3.8, 4) is 0 Å². The summed E-state index contributed by atoms with van der Waals surface area (Å²) in [5.41, 5.74) is 5.83. The smallest absolute Gasteiger partial charge is 0.354 e. The van der Waals surface area contributed by atoms with E-state index in [0.29, 0.717) is 5.69 Å². The van der Waals surface area contributed by atoms with Gasteiger partial charge in [-0.1, -0.05) is 5.21 Å². The number of halogens is 3. The van der Waals surface area contributed by atoms with Crippen molar-refractivity contribution in [3.63, 3.8) is 0 Å². The predicted octanol–water partition coefficient (Wildman–Crippen LogP) is 0.366. The summed E-state index contributed by atoms with van der Waals surface area (Å²) in [6.07, 6.45) is -3.86. The molecule has 0 aliphatic carbocycles. The van der Waals surface area contributed by atoms with Gasteiger partial charge in [-0.2, -0.15) is 13.2 Å². The molecule has 0 radical (unpaired) electrons. The van der Waals surface area contributed by atoms with Crippen LogP contribution < -0.4 is 11.1 Å². The van der Waals surface area contributed by atoms with Crippen LogP contribution >= 0.6 is 0 Å². The Morgan fingerprint density at radius 3 is 2.78 bits per heavy atom. The number of hydrogen-bond donors (Lipinski definition) is 2. The minimum atomic E-state index is -4.28. The minimum absolute atomic E-state index is 0.183. The highest BCUT2D eigenvalue weighted by atomic mass is 19.4. The van der Waals surface area contributed by atoms with Crippen molar-refractivity contribution in [1.29, 1.82) is 0 Å². The maximum Gasteiger partial charge on any atom is 0.390 e. The van der Waals surface area contributed by atoms with Gasteiger partial charge in [0.05, 0.1) is 18.3 Å².